The summed E-state index contributed by atoms with van der Waals surface area (Å²) >= 11 is 0. The highest BCUT2D eigenvalue weighted by Crippen LogP contribution is 2.14. The number of piperazine rings is 1. The molecule has 2 heterocycles. The maximum absolute atomic E-state index is 11.2. The van der Waals surface area contributed by atoms with Gasteiger partial charge in [0.15, 0.2) is 0 Å². The van der Waals surface area contributed by atoms with Crippen molar-refractivity contribution >= 4 is 11.7 Å². The third-order valence-electron chi connectivity index (χ3n) is 2.99. The molecule has 0 saturated carbocycles. The molecule has 0 atom stereocenters. The van der Waals surface area contributed by atoms with Crippen LogP contribution in [-0.4, -0.2) is 47.0 Å². The number of hydrogen-bond donors (Lipinski definition) is 0. The largest absolute Gasteiger partial charge is 0.353 e. The topological polar surface area (TPSA) is 73.1 Å². The van der Waals surface area contributed by atoms with E-state index in [9.17, 15) is 4.79 Å². The van der Waals surface area contributed by atoms with E-state index in [1.807, 2.05) is 11.0 Å². The molecule has 0 spiro atoms. The zero-order chi connectivity index (χ0) is 13.1. The number of nitriles is 1. The zero-order valence-corrected chi connectivity index (χ0v) is 10.6. The molecule has 6 nitrogen and oxygen atoms in total. The number of nitrogens with zero attached hydrogens (tertiary/aromatic N) is 5. The minimum absolute atomic E-state index is 0.103. The molecule has 0 aromatic carbocycles. The second-order valence-electron chi connectivity index (χ2n) is 4.26. The van der Waals surface area contributed by atoms with E-state index in [1.165, 1.54) is 0 Å². The number of aryl methyl sites for hydroxylation is 1. The van der Waals surface area contributed by atoms with Gasteiger partial charge in [-0.1, -0.05) is 0 Å². The van der Waals surface area contributed by atoms with Crippen molar-refractivity contribution in [3.8, 4) is 6.07 Å². The first-order valence-corrected chi connectivity index (χ1v) is 5.86. The summed E-state index contributed by atoms with van der Waals surface area (Å²) in [5.74, 6) is 1.46. The highest BCUT2D eigenvalue weighted by molar-refractivity contribution is 5.73. The number of carbonyl (C=O) groups is 1. The molecule has 0 bridgehead atoms. The average molecular weight is 245 g/mol. The van der Waals surface area contributed by atoms with Crippen molar-refractivity contribution in [1.82, 2.24) is 14.9 Å². The van der Waals surface area contributed by atoms with Crippen molar-refractivity contribution in [2.24, 2.45) is 0 Å². The van der Waals surface area contributed by atoms with Gasteiger partial charge in [0.25, 0.3) is 0 Å². The molecule has 0 unspecified atom stereocenters. The van der Waals surface area contributed by atoms with Crippen molar-refractivity contribution in [2.75, 3.05) is 31.1 Å². The molecule has 1 aromatic heterocycles. The van der Waals surface area contributed by atoms with E-state index in [2.05, 4.69) is 14.9 Å². The summed E-state index contributed by atoms with van der Waals surface area (Å²) in [6.07, 6.45) is 0. The van der Waals surface area contributed by atoms with Crippen molar-refractivity contribution < 1.29 is 4.79 Å². The van der Waals surface area contributed by atoms with Crippen LogP contribution >= 0.6 is 0 Å². The Balaban J connectivity index is 2.12. The smallest absolute Gasteiger partial charge is 0.219 e. The Morgan fingerprint density at radius 3 is 2.56 bits per heavy atom. The van der Waals surface area contributed by atoms with Crippen LogP contribution in [0.25, 0.3) is 0 Å². The molecule has 1 aliphatic heterocycles. The number of aromatic nitrogens is 2. The summed E-state index contributed by atoms with van der Waals surface area (Å²) in [7, 11) is 0. The third kappa shape index (κ3) is 2.56. The minimum atomic E-state index is 0.103. The van der Waals surface area contributed by atoms with Crippen LogP contribution in [0.1, 0.15) is 18.4 Å². The van der Waals surface area contributed by atoms with Crippen LogP contribution in [0.4, 0.5) is 5.82 Å². The van der Waals surface area contributed by atoms with Crippen LogP contribution in [0.5, 0.6) is 0 Å². The Labute approximate surface area is 106 Å². The first-order chi connectivity index (χ1) is 8.60. The third-order valence-corrected chi connectivity index (χ3v) is 2.99. The van der Waals surface area contributed by atoms with E-state index in [-0.39, 0.29) is 5.91 Å². The fourth-order valence-electron chi connectivity index (χ4n) is 2.02. The first-order valence-electron chi connectivity index (χ1n) is 5.86. The first kappa shape index (κ1) is 12.3. The van der Waals surface area contributed by atoms with E-state index < -0.39 is 0 Å². The molecule has 94 valence electrons. The summed E-state index contributed by atoms with van der Waals surface area (Å²) < 4.78 is 0. The maximum Gasteiger partial charge on any atom is 0.219 e. The Bertz CT molecular complexity index is 500. The van der Waals surface area contributed by atoms with Crippen molar-refractivity contribution in [3.05, 3.63) is 17.6 Å². The van der Waals surface area contributed by atoms with Crippen LogP contribution < -0.4 is 4.90 Å². The summed E-state index contributed by atoms with van der Waals surface area (Å²) in [5, 5.41) is 8.89. The van der Waals surface area contributed by atoms with Gasteiger partial charge in [0, 0.05) is 39.2 Å². The normalized spacial score (nSPS) is 15.4. The lowest BCUT2D eigenvalue weighted by Gasteiger charge is -2.34. The SMILES string of the molecule is CC(=O)N1CCN(c2cc(C#N)nc(C)n2)CC1. The average Bonchev–Trinajstić information content (AvgIpc) is 2.38. The van der Waals surface area contributed by atoms with Gasteiger partial charge in [0.1, 0.15) is 23.4 Å². The van der Waals surface area contributed by atoms with Gasteiger partial charge in [-0.25, -0.2) is 9.97 Å². The highest BCUT2D eigenvalue weighted by atomic mass is 16.2. The predicted octanol–water partition coefficient (Wildman–Crippen LogP) is 0.325. The Morgan fingerprint density at radius 1 is 1.33 bits per heavy atom. The summed E-state index contributed by atoms with van der Waals surface area (Å²) in [6.45, 7) is 6.22. The molecule has 1 saturated heterocycles. The molecule has 1 aliphatic rings. The number of rotatable bonds is 1. The molecule has 18 heavy (non-hydrogen) atoms. The minimum Gasteiger partial charge on any atom is -0.353 e. The molecule has 0 radical (unpaired) electrons. The predicted molar refractivity (Wildman–Crippen MR) is 66.0 cm³/mol. The standard InChI is InChI=1S/C12H15N5O/c1-9-14-11(8-13)7-12(15-9)17-5-3-16(4-6-17)10(2)18/h7H,3-6H2,1-2H3. The van der Waals surface area contributed by atoms with Crippen molar-refractivity contribution in [2.45, 2.75) is 13.8 Å². The van der Waals surface area contributed by atoms with Crippen molar-refractivity contribution in [3.63, 3.8) is 0 Å². The number of anilines is 1. The Hall–Kier alpha value is -2.16. The molecule has 2 rings (SSSR count). The van der Waals surface area contributed by atoms with Crippen LogP contribution in [0.3, 0.4) is 0 Å². The van der Waals surface area contributed by atoms with E-state index in [4.69, 9.17) is 5.26 Å². The quantitative estimate of drug-likeness (QED) is 0.712. The lowest BCUT2D eigenvalue weighted by Crippen LogP contribution is -2.48. The highest BCUT2D eigenvalue weighted by Gasteiger charge is 2.20. The lowest BCUT2D eigenvalue weighted by molar-refractivity contribution is -0.129. The summed E-state index contributed by atoms with van der Waals surface area (Å²) in [5.41, 5.74) is 0.381. The Morgan fingerprint density at radius 2 is 2.00 bits per heavy atom. The lowest BCUT2D eigenvalue weighted by atomic mass is 10.3. The van der Waals surface area contributed by atoms with Gasteiger partial charge in [-0.15, -0.1) is 0 Å². The number of hydrogen-bond acceptors (Lipinski definition) is 5. The van der Waals surface area contributed by atoms with Gasteiger partial charge in [0.05, 0.1) is 0 Å². The summed E-state index contributed by atoms with van der Waals surface area (Å²) in [4.78, 5) is 23.5. The number of amides is 1. The molecular weight excluding hydrogens is 230 g/mol. The molecule has 0 N–H and O–H groups in total. The second-order valence-corrected chi connectivity index (χ2v) is 4.26. The van der Waals surface area contributed by atoms with Gasteiger partial charge in [-0.2, -0.15) is 5.26 Å². The molecule has 1 fully saturated rings. The van der Waals surface area contributed by atoms with E-state index in [1.54, 1.807) is 19.9 Å². The van der Waals surface area contributed by atoms with E-state index >= 15 is 0 Å². The van der Waals surface area contributed by atoms with Crippen LogP contribution in [0.15, 0.2) is 6.07 Å². The van der Waals surface area contributed by atoms with Crippen LogP contribution in [0, 0.1) is 18.3 Å². The fraction of sp³-hybridized carbons (Fsp3) is 0.500. The fourth-order valence-corrected chi connectivity index (χ4v) is 2.02. The number of carbonyl (C=O) groups excluding carboxylic acids is 1. The zero-order valence-electron chi connectivity index (χ0n) is 10.6. The molecular formula is C12H15N5O. The van der Waals surface area contributed by atoms with Crippen LogP contribution in [-0.2, 0) is 4.79 Å². The van der Waals surface area contributed by atoms with E-state index in [0.29, 0.717) is 24.6 Å². The van der Waals surface area contributed by atoms with E-state index in [0.717, 1.165) is 18.9 Å². The van der Waals surface area contributed by atoms with Crippen LogP contribution in [0.2, 0.25) is 0 Å². The van der Waals surface area contributed by atoms with Gasteiger partial charge in [0.2, 0.25) is 5.91 Å². The van der Waals surface area contributed by atoms with Gasteiger partial charge in [-0.05, 0) is 6.92 Å². The van der Waals surface area contributed by atoms with Gasteiger partial charge < -0.3 is 9.80 Å². The monoisotopic (exact) mass is 245 g/mol. The molecule has 1 amide bonds. The molecule has 0 aliphatic carbocycles. The Kier molecular flexibility index (Phi) is 3.42. The molecule has 1 aromatic rings. The van der Waals surface area contributed by atoms with Crippen molar-refractivity contribution in [1.29, 1.82) is 5.26 Å². The maximum atomic E-state index is 11.2. The van der Waals surface area contributed by atoms with Gasteiger partial charge >= 0.3 is 0 Å². The summed E-state index contributed by atoms with van der Waals surface area (Å²) in [6, 6.07) is 3.72. The molecule has 6 heteroatoms. The second kappa shape index (κ2) is 5.00. The van der Waals surface area contributed by atoms with Gasteiger partial charge in [-0.3, -0.25) is 4.79 Å².